The van der Waals surface area contributed by atoms with Crippen molar-refractivity contribution in [2.45, 2.75) is 26.2 Å². The molecule has 0 radical (unpaired) electrons. The lowest BCUT2D eigenvalue weighted by molar-refractivity contribution is 0.0979. The van der Waals surface area contributed by atoms with Crippen molar-refractivity contribution in [3.63, 3.8) is 0 Å². The molecular weight excluding hydrogens is 206 g/mol. The summed E-state index contributed by atoms with van der Waals surface area (Å²) in [6.45, 7) is 6.41. The molecule has 15 heavy (non-hydrogen) atoms. The molecule has 0 spiro atoms. The van der Waals surface area contributed by atoms with Gasteiger partial charge >= 0.3 is 0 Å². The van der Waals surface area contributed by atoms with Gasteiger partial charge in [-0.05, 0) is 23.1 Å². The van der Waals surface area contributed by atoms with E-state index in [9.17, 15) is 4.79 Å². The van der Waals surface area contributed by atoms with Crippen molar-refractivity contribution in [2.24, 2.45) is 0 Å². The molecule has 0 unspecified atom stereocenters. The first-order valence-corrected chi connectivity index (χ1v) is 5.27. The molecule has 0 saturated carbocycles. The van der Waals surface area contributed by atoms with Gasteiger partial charge in [0.2, 0.25) is 0 Å². The summed E-state index contributed by atoms with van der Waals surface area (Å²) in [5.74, 6) is -0.162. The zero-order chi connectivity index (χ0) is 11.5. The highest BCUT2D eigenvalue weighted by Crippen LogP contribution is 2.21. The van der Waals surface area contributed by atoms with Crippen molar-refractivity contribution in [1.29, 1.82) is 0 Å². The van der Waals surface area contributed by atoms with Gasteiger partial charge in [-0.25, -0.2) is 0 Å². The summed E-state index contributed by atoms with van der Waals surface area (Å²) in [4.78, 5) is 11.4. The molecule has 0 bridgehead atoms. The summed E-state index contributed by atoms with van der Waals surface area (Å²) in [5, 5.41) is 2.47. The van der Waals surface area contributed by atoms with Crippen LogP contribution in [0.5, 0.6) is 0 Å². The fourth-order valence-corrected chi connectivity index (χ4v) is 1.37. The smallest absolute Gasteiger partial charge is 0.255 e. The maximum atomic E-state index is 11.4. The Labute approximate surface area is 95.7 Å². The second-order valence-corrected chi connectivity index (χ2v) is 4.65. The Morgan fingerprint density at radius 2 is 1.80 bits per heavy atom. The van der Waals surface area contributed by atoms with E-state index in [2.05, 4.69) is 38.3 Å². The van der Waals surface area contributed by atoms with E-state index in [0.717, 1.165) is 0 Å². The number of hydrogen-bond acceptors (Lipinski definition) is 2. The Morgan fingerprint density at radius 1 is 1.27 bits per heavy atom. The van der Waals surface area contributed by atoms with E-state index in [-0.39, 0.29) is 11.3 Å². The molecule has 0 aliphatic heterocycles. The lowest BCUT2D eigenvalue weighted by Gasteiger charge is -2.18. The van der Waals surface area contributed by atoms with E-state index >= 15 is 0 Å². The number of nitrogens with one attached hydrogen (secondary N) is 1. The Bertz CT molecular complexity index is 362. The van der Waals surface area contributed by atoms with Crippen LogP contribution in [0.3, 0.4) is 0 Å². The van der Waals surface area contributed by atoms with Crippen molar-refractivity contribution in [3.05, 3.63) is 35.4 Å². The molecule has 0 atom stereocenters. The molecule has 0 fully saturated rings. The summed E-state index contributed by atoms with van der Waals surface area (Å²) in [6.07, 6.45) is 0. The molecule has 0 aliphatic carbocycles. The molecule has 1 aromatic carbocycles. The van der Waals surface area contributed by atoms with Crippen LogP contribution in [0.1, 0.15) is 36.7 Å². The minimum Gasteiger partial charge on any atom is -0.319 e. The molecule has 80 valence electrons. The lowest BCUT2D eigenvalue weighted by atomic mass is 9.87. The van der Waals surface area contributed by atoms with Crippen LogP contribution in [0.15, 0.2) is 24.3 Å². The zero-order valence-electron chi connectivity index (χ0n) is 9.20. The van der Waals surface area contributed by atoms with Crippen LogP contribution in [-0.4, -0.2) is 11.4 Å². The maximum absolute atomic E-state index is 11.4. The summed E-state index contributed by atoms with van der Waals surface area (Å²) in [6, 6.07) is 7.57. The van der Waals surface area contributed by atoms with E-state index < -0.39 is 0 Å². The summed E-state index contributed by atoms with van der Waals surface area (Å²) in [7, 11) is 0. The van der Waals surface area contributed by atoms with Crippen molar-refractivity contribution in [2.75, 3.05) is 0 Å². The van der Waals surface area contributed by atoms with Crippen LogP contribution >= 0.6 is 12.2 Å². The monoisotopic (exact) mass is 221 g/mol. The molecule has 2 nitrogen and oxygen atoms in total. The van der Waals surface area contributed by atoms with Crippen molar-refractivity contribution in [1.82, 2.24) is 5.32 Å². The van der Waals surface area contributed by atoms with Gasteiger partial charge in [-0.2, -0.15) is 0 Å². The zero-order valence-corrected chi connectivity index (χ0v) is 10.0. The second kappa shape index (κ2) is 4.53. The van der Waals surface area contributed by atoms with E-state index in [1.165, 1.54) is 11.1 Å². The number of benzene rings is 1. The van der Waals surface area contributed by atoms with Gasteiger partial charge in [0.25, 0.3) is 5.91 Å². The number of hydrogen-bond donors (Lipinski definition) is 1. The van der Waals surface area contributed by atoms with Crippen molar-refractivity contribution >= 4 is 23.6 Å². The van der Waals surface area contributed by atoms with Gasteiger partial charge in [0.05, 0.1) is 5.49 Å². The Balaban J connectivity index is 2.90. The lowest BCUT2D eigenvalue weighted by Crippen LogP contribution is -2.20. The quantitative estimate of drug-likeness (QED) is 0.778. The third kappa shape index (κ3) is 3.13. The molecule has 1 N–H and O–H groups in total. The fourth-order valence-electron chi connectivity index (χ4n) is 1.26. The summed E-state index contributed by atoms with van der Waals surface area (Å²) >= 11 is 4.56. The highest BCUT2D eigenvalue weighted by molar-refractivity contribution is 7.78. The van der Waals surface area contributed by atoms with Gasteiger partial charge in [0, 0.05) is 5.56 Å². The Hall–Kier alpha value is -1.22. The minimum atomic E-state index is -0.162. The highest BCUT2D eigenvalue weighted by atomic mass is 32.1. The standard InChI is InChI=1S/C12H15NOS/c1-12(2,3)10-6-4-9(5-7-10)11(14)13-8-15/h4-8H,1-3H3,(H,13,14,15). The number of carbonyl (C=O) groups is 1. The molecule has 0 aliphatic rings. The maximum Gasteiger partial charge on any atom is 0.255 e. The molecule has 0 heterocycles. The molecule has 3 heteroatoms. The van der Waals surface area contributed by atoms with Crippen molar-refractivity contribution < 1.29 is 4.79 Å². The van der Waals surface area contributed by atoms with E-state index in [1.54, 1.807) is 0 Å². The van der Waals surface area contributed by atoms with Crippen LogP contribution in [0.2, 0.25) is 0 Å². The number of carbonyl (C=O) groups excluding carboxylic acids is 1. The first-order chi connectivity index (χ1) is 6.95. The van der Waals surface area contributed by atoms with Gasteiger partial charge < -0.3 is 5.32 Å². The predicted octanol–water partition coefficient (Wildman–Crippen LogP) is 2.67. The Kier molecular flexibility index (Phi) is 3.58. The normalized spacial score (nSPS) is 10.9. The van der Waals surface area contributed by atoms with Crippen LogP contribution in [0, 0.1) is 0 Å². The first-order valence-electron chi connectivity index (χ1n) is 4.80. The van der Waals surface area contributed by atoms with Gasteiger partial charge in [0.1, 0.15) is 0 Å². The number of rotatable bonds is 2. The fraction of sp³-hybridized carbons (Fsp3) is 0.333. The van der Waals surface area contributed by atoms with Crippen LogP contribution in [0.4, 0.5) is 0 Å². The van der Waals surface area contributed by atoms with Gasteiger partial charge in [0.15, 0.2) is 0 Å². The highest BCUT2D eigenvalue weighted by Gasteiger charge is 2.13. The largest absolute Gasteiger partial charge is 0.319 e. The van der Waals surface area contributed by atoms with Crippen molar-refractivity contribution in [3.8, 4) is 0 Å². The first kappa shape index (κ1) is 11.9. The third-order valence-corrected chi connectivity index (χ3v) is 2.32. The Morgan fingerprint density at radius 3 is 2.20 bits per heavy atom. The summed E-state index contributed by atoms with van der Waals surface area (Å²) in [5.41, 5.74) is 3.17. The average molecular weight is 221 g/mol. The van der Waals surface area contributed by atoms with Crippen LogP contribution in [-0.2, 0) is 5.41 Å². The third-order valence-electron chi connectivity index (χ3n) is 2.20. The van der Waals surface area contributed by atoms with Crippen LogP contribution in [0.25, 0.3) is 0 Å². The second-order valence-electron chi connectivity index (χ2n) is 4.42. The summed E-state index contributed by atoms with van der Waals surface area (Å²) < 4.78 is 0. The van der Waals surface area contributed by atoms with Gasteiger partial charge in [-0.15, -0.1) is 0 Å². The molecule has 1 amide bonds. The number of thiocarbonyl (C=S) groups is 1. The van der Waals surface area contributed by atoms with Crippen LogP contribution < -0.4 is 5.32 Å². The average Bonchev–Trinajstić information content (AvgIpc) is 2.17. The predicted molar refractivity (Wildman–Crippen MR) is 66.3 cm³/mol. The SMILES string of the molecule is CC(C)(C)c1ccc(C(=O)NC=S)cc1. The minimum absolute atomic E-state index is 0.110. The molecule has 1 aromatic rings. The number of amides is 1. The van der Waals surface area contributed by atoms with E-state index in [4.69, 9.17) is 0 Å². The van der Waals surface area contributed by atoms with Gasteiger partial charge in [-0.1, -0.05) is 45.1 Å². The molecule has 1 rings (SSSR count). The molecule has 0 aromatic heterocycles. The van der Waals surface area contributed by atoms with E-state index in [1.807, 2.05) is 24.3 Å². The molecule has 0 saturated heterocycles. The molecular formula is C12H15NOS. The van der Waals surface area contributed by atoms with E-state index in [0.29, 0.717) is 5.56 Å². The topological polar surface area (TPSA) is 29.1 Å². The van der Waals surface area contributed by atoms with Gasteiger partial charge in [-0.3, -0.25) is 4.79 Å².